The lowest BCUT2D eigenvalue weighted by Gasteiger charge is -2.20. The molecular formula is C58H40BrN2O4P2+. The van der Waals surface area contributed by atoms with Crippen molar-refractivity contribution in [1.29, 1.82) is 0 Å². The number of pyridine rings is 2. The van der Waals surface area contributed by atoms with E-state index in [1.54, 1.807) is 12.4 Å². The van der Waals surface area contributed by atoms with Gasteiger partial charge in [-0.2, -0.15) is 0 Å². The first-order valence-electron chi connectivity index (χ1n) is 21.6. The summed E-state index contributed by atoms with van der Waals surface area (Å²) in [4.78, 5) is 8.18. The summed E-state index contributed by atoms with van der Waals surface area (Å²) in [5.74, 6) is 0. The summed E-state index contributed by atoms with van der Waals surface area (Å²) in [6.45, 7) is 0. The number of hydrogen-bond donors (Lipinski definition) is 0. The van der Waals surface area contributed by atoms with Gasteiger partial charge in [-0.1, -0.05) is 130 Å². The molecule has 322 valence electrons. The molecule has 0 fully saturated rings. The Hall–Kier alpha value is -7.53. The Morgan fingerprint density at radius 3 is 1.19 bits per heavy atom. The summed E-state index contributed by atoms with van der Waals surface area (Å²) in [7, 11) is -4.48. The maximum atomic E-state index is 14.8. The van der Waals surface area contributed by atoms with Crippen LogP contribution in [-0.2, 0) is 9.13 Å². The van der Waals surface area contributed by atoms with Crippen molar-refractivity contribution < 1.29 is 18.0 Å². The minimum absolute atomic E-state index is 0.785. The van der Waals surface area contributed by atoms with Crippen LogP contribution in [-0.4, -0.2) is 9.97 Å². The molecule has 4 aromatic heterocycles. The van der Waals surface area contributed by atoms with Gasteiger partial charge in [-0.25, -0.2) is 0 Å². The fourth-order valence-electron chi connectivity index (χ4n) is 8.16. The summed E-state index contributed by atoms with van der Waals surface area (Å²) in [5, 5.41) is 8.44. The maximum Gasteiger partial charge on any atom is 0.415 e. The van der Waals surface area contributed by atoms with Crippen LogP contribution < -0.4 is 26.5 Å². The molecule has 0 saturated heterocycles. The van der Waals surface area contributed by atoms with E-state index < -0.39 is 14.9 Å². The van der Waals surface area contributed by atoms with Gasteiger partial charge in [-0.15, -0.1) is 0 Å². The Morgan fingerprint density at radius 2 is 0.746 bits per heavy atom. The number of benzene rings is 8. The Balaban J connectivity index is 0.000000131. The lowest BCUT2D eigenvalue weighted by Crippen LogP contribution is -2.24. The average molecular weight is 971 g/mol. The van der Waals surface area contributed by atoms with Crippen LogP contribution in [0.1, 0.15) is 0 Å². The molecule has 6 nitrogen and oxygen atoms in total. The SMILES string of the molecule is Brc1ccc2oc3ccc(-c4ccncc4)cc3c2c1.O=P(c1ccccc1)(c1ccccc1)c1ccc2oc3ccc(-c4ccncc4)cc3c2c1.O=[P+](c1ccccc1)c1ccccc1. The number of fused-ring (bicyclic) bond motifs is 6. The number of halogens is 1. The summed E-state index contributed by atoms with van der Waals surface area (Å²) in [6, 6.07) is 71.0. The third kappa shape index (κ3) is 9.19. The summed E-state index contributed by atoms with van der Waals surface area (Å²) >= 11 is 3.52. The molecule has 0 amide bonds. The van der Waals surface area contributed by atoms with Crippen molar-refractivity contribution in [2.45, 2.75) is 0 Å². The second kappa shape index (κ2) is 19.5. The van der Waals surface area contributed by atoms with Gasteiger partial charge in [0, 0.05) is 66.7 Å². The molecule has 0 spiro atoms. The Labute approximate surface area is 396 Å². The monoisotopic (exact) mass is 969 g/mol. The highest BCUT2D eigenvalue weighted by atomic mass is 79.9. The highest BCUT2D eigenvalue weighted by Crippen LogP contribution is 2.44. The summed E-state index contributed by atoms with van der Waals surface area (Å²) in [6.07, 6.45) is 7.20. The van der Waals surface area contributed by atoms with E-state index in [4.69, 9.17) is 8.83 Å². The molecule has 0 unspecified atom stereocenters. The molecule has 0 atom stereocenters. The van der Waals surface area contributed by atoms with E-state index in [1.165, 1.54) is 5.56 Å². The molecule has 0 aliphatic heterocycles. The zero-order valence-electron chi connectivity index (χ0n) is 35.9. The first-order valence-corrected chi connectivity index (χ1v) is 25.4. The van der Waals surface area contributed by atoms with Crippen LogP contribution in [0.4, 0.5) is 0 Å². The van der Waals surface area contributed by atoms with Gasteiger partial charge in [0.2, 0.25) is 0 Å². The van der Waals surface area contributed by atoms with Crippen molar-refractivity contribution in [3.05, 3.63) is 248 Å². The van der Waals surface area contributed by atoms with E-state index in [0.717, 1.165) is 91.6 Å². The Morgan fingerprint density at radius 1 is 0.373 bits per heavy atom. The van der Waals surface area contributed by atoms with Crippen molar-refractivity contribution in [2.75, 3.05) is 0 Å². The third-order valence-electron chi connectivity index (χ3n) is 11.5. The lowest BCUT2D eigenvalue weighted by molar-refractivity contribution is 0.592. The molecule has 4 heterocycles. The highest BCUT2D eigenvalue weighted by Gasteiger charge is 2.30. The predicted molar refractivity (Wildman–Crippen MR) is 281 cm³/mol. The van der Waals surface area contributed by atoms with E-state index in [-0.39, 0.29) is 0 Å². The largest absolute Gasteiger partial charge is 0.456 e. The minimum Gasteiger partial charge on any atom is -0.456 e. The third-order valence-corrected chi connectivity index (χ3v) is 16.6. The molecule has 0 N–H and O–H groups in total. The fourth-order valence-corrected chi connectivity index (χ4v) is 12.4. The minimum atomic E-state index is -3.05. The molecule has 8 aromatic carbocycles. The summed E-state index contributed by atoms with van der Waals surface area (Å²) in [5.41, 5.74) is 7.94. The second-order valence-electron chi connectivity index (χ2n) is 15.7. The molecule has 12 rings (SSSR count). The molecule has 0 aliphatic carbocycles. The highest BCUT2D eigenvalue weighted by molar-refractivity contribution is 9.10. The van der Waals surface area contributed by atoms with Crippen molar-refractivity contribution >= 4 is 101 Å². The van der Waals surface area contributed by atoms with Crippen molar-refractivity contribution in [1.82, 2.24) is 9.97 Å². The van der Waals surface area contributed by atoms with Crippen LogP contribution in [0.5, 0.6) is 0 Å². The summed E-state index contributed by atoms with van der Waals surface area (Å²) < 4.78 is 39.8. The van der Waals surface area contributed by atoms with Crippen LogP contribution >= 0.6 is 30.9 Å². The Bertz CT molecular complexity index is 3600. The van der Waals surface area contributed by atoms with E-state index in [2.05, 4.69) is 56.2 Å². The smallest absolute Gasteiger partial charge is 0.415 e. The first-order chi connectivity index (χ1) is 32.9. The first kappa shape index (κ1) is 43.4. The fraction of sp³-hybridized carbons (Fsp3) is 0. The number of aromatic nitrogens is 2. The topological polar surface area (TPSA) is 86.2 Å². The second-order valence-corrected chi connectivity index (χ2v) is 21.0. The van der Waals surface area contributed by atoms with Crippen LogP contribution in [0.3, 0.4) is 0 Å². The van der Waals surface area contributed by atoms with Crippen LogP contribution in [0.15, 0.2) is 256 Å². The van der Waals surface area contributed by atoms with Gasteiger partial charge in [-0.3, -0.25) is 9.97 Å². The van der Waals surface area contributed by atoms with Gasteiger partial charge in [0.25, 0.3) is 0 Å². The van der Waals surface area contributed by atoms with Crippen molar-refractivity contribution in [3.63, 3.8) is 0 Å². The lowest BCUT2D eigenvalue weighted by atomic mass is 10.0. The average Bonchev–Trinajstić information content (AvgIpc) is 3.97. The molecule has 9 heteroatoms. The van der Waals surface area contributed by atoms with Gasteiger partial charge in [0.05, 0.1) is 0 Å². The maximum absolute atomic E-state index is 14.8. The molecule has 12 aromatic rings. The van der Waals surface area contributed by atoms with Crippen molar-refractivity contribution in [2.24, 2.45) is 0 Å². The van der Waals surface area contributed by atoms with Gasteiger partial charge >= 0.3 is 7.80 Å². The van der Waals surface area contributed by atoms with E-state index in [9.17, 15) is 9.13 Å². The number of furan rings is 2. The van der Waals surface area contributed by atoms with Crippen LogP contribution in [0.25, 0.3) is 66.1 Å². The van der Waals surface area contributed by atoms with Gasteiger partial charge in [0.15, 0.2) is 17.8 Å². The molecular weight excluding hydrogens is 930 g/mol. The number of rotatable bonds is 7. The number of nitrogens with zero attached hydrogens (tertiary/aromatic N) is 2. The predicted octanol–water partition coefficient (Wildman–Crippen LogP) is 14.2. The van der Waals surface area contributed by atoms with Gasteiger partial charge in [0.1, 0.15) is 22.3 Å². The molecule has 0 radical (unpaired) electrons. The Kier molecular flexibility index (Phi) is 12.6. The molecule has 0 saturated carbocycles. The van der Waals surface area contributed by atoms with Gasteiger partial charge in [-0.05, 0) is 131 Å². The zero-order valence-corrected chi connectivity index (χ0v) is 39.3. The van der Waals surface area contributed by atoms with E-state index >= 15 is 0 Å². The standard InChI is InChI=1S/C29H20NO2P.C17H10BrNO.C12H10OP/c31-33(23-7-3-1-4-8-23,24-9-5-2-6-10-24)25-12-14-29-27(20-25)26-19-22(11-13-28(26)32-29)21-15-17-30-18-16-21;18-13-2-4-17-15(10-13)14-9-12(1-3-16(14)20-17)11-5-7-19-8-6-11;13-14(11-7-3-1-4-8-11)12-9-5-2-6-10-12/h1-20H;1-10H;1-10H/q;;+1. The zero-order chi connectivity index (χ0) is 45.6. The van der Waals surface area contributed by atoms with Crippen LogP contribution in [0, 0.1) is 0 Å². The quantitative estimate of drug-likeness (QED) is 0.148. The van der Waals surface area contributed by atoms with Crippen molar-refractivity contribution in [3.8, 4) is 22.3 Å². The van der Waals surface area contributed by atoms with E-state index in [1.807, 2.05) is 200 Å². The molecule has 67 heavy (non-hydrogen) atoms. The number of hydrogen-bond acceptors (Lipinski definition) is 6. The van der Waals surface area contributed by atoms with E-state index in [0.29, 0.717) is 0 Å². The normalized spacial score (nSPS) is 11.2. The van der Waals surface area contributed by atoms with Gasteiger partial charge < -0.3 is 13.4 Å². The van der Waals surface area contributed by atoms with Crippen LogP contribution in [0.2, 0.25) is 0 Å². The molecule has 0 bridgehead atoms. The molecule has 0 aliphatic rings.